The van der Waals surface area contributed by atoms with Crippen LogP contribution >= 0.6 is 0 Å². The van der Waals surface area contributed by atoms with Crippen molar-refractivity contribution in [1.29, 1.82) is 0 Å². The van der Waals surface area contributed by atoms with Crippen LogP contribution in [0.1, 0.15) is 19.0 Å². The van der Waals surface area contributed by atoms with Crippen molar-refractivity contribution in [3.05, 3.63) is 17.9 Å². The number of hydrogen-bond donors (Lipinski definition) is 1. The fourth-order valence-corrected chi connectivity index (χ4v) is 1.07. The molecule has 0 unspecified atom stereocenters. The van der Waals surface area contributed by atoms with Crippen LogP contribution < -0.4 is 0 Å². The summed E-state index contributed by atoms with van der Waals surface area (Å²) in [5.41, 5.74) is 0.928. The molecule has 0 amide bonds. The minimum atomic E-state index is 0.928. The van der Waals surface area contributed by atoms with E-state index in [1.165, 1.54) is 6.04 Å². The molecule has 0 aliphatic heterocycles. The lowest BCUT2D eigenvalue weighted by Gasteiger charge is -2.18. The summed E-state index contributed by atoms with van der Waals surface area (Å²) in [7, 11) is 4.01. The van der Waals surface area contributed by atoms with Crippen molar-refractivity contribution in [2.45, 2.75) is 13.3 Å². The molecule has 0 aliphatic rings. The highest BCUT2D eigenvalue weighted by molar-refractivity contribution is 5.15. The van der Waals surface area contributed by atoms with Gasteiger partial charge in [-0.15, -0.1) is 5.10 Å². The number of rotatable bonds is 3. The van der Waals surface area contributed by atoms with E-state index in [-0.39, 0.29) is 0 Å². The number of aromatic nitrogens is 3. The summed E-state index contributed by atoms with van der Waals surface area (Å²) >= 11 is 0. The lowest BCUT2D eigenvalue weighted by Crippen LogP contribution is -2.20. The number of hydrogen-bond acceptors (Lipinski definition) is 3. The van der Waals surface area contributed by atoms with Crippen LogP contribution in [0.3, 0.4) is 0 Å². The Hall–Kier alpha value is -0.900. The Labute approximate surface area is 66.6 Å². The highest BCUT2D eigenvalue weighted by atomic mass is 15.3. The number of nitrogens with zero attached hydrogens (tertiary/aromatic N) is 3. The van der Waals surface area contributed by atoms with E-state index in [9.17, 15) is 0 Å². The topological polar surface area (TPSA) is 44.8 Å². The summed E-state index contributed by atoms with van der Waals surface area (Å²) in [5.74, 6) is 0. The maximum Gasteiger partial charge on any atom is 0.105 e. The second-order valence-corrected chi connectivity index (χ2v) is 2.55. The van der Waals surface area contributed by atoms with Gasteiger partial charge in [0.2, 0.25) is 0 Å². The molecular weight excluding hydrogens is 140 g/mol. The molecule has 1 N–H and O–H groups in total. The molecule has 0 atom stereocenters. The van der Waals surface area contributed by atoms with Crippen LogP contribution in [0.15, 0.2) is 6.20 Å². The maximum atomic E-state index is 3.92. The molecule has 11 heavy (non-hydrogen) atoms. The average molecular weight is 153 g/mol. The lowest BCUT2D eigenvalue weighted by molar-refractivity contribution is 0.421. The number of nitrogens with one attached hydrogen (secondary N) is 1. The van der Waals surface area contributed by atoms with E-state index < -0.39 is 0 Å². The lowest BCUT2D eigenvalue weighted by atomic mass is 10.1. The first kappa shape index (κ1) is 8.20. The second kappa shape index (κ2) is 3.48. The molecule has 0 saturated heterocycles. The van der Waals surface area contributed by atoms with E-state index in [2.05, 4.69) is 27.2 Å². The zero-order valence-electron chi connectivity index (χ0n) is 7.13. The predicted molar refractivity (Wildman–Crippen MR) is 42.7 cm³/mol. The largest absolute Gasteiger partial charge is 0.296 e. The standard InChI is InChI=1S/C7H13N4/c1-4-7(11(2)3)6-5-8-10-9-6/h5H,4H2,1-3H3,(H,8,9,10). The molecule has 0 bridgehead atoms. The zero-order valence-corrected chi connectivity index (χ0v) is 7.13. The molecule has 0 spiro atoms. The molecule has 0 aromatic carbocycles. The van der Waals surface area contributed by atoms with Crippen molar-refractivity contribution < 1.29 is 0 Å². The van der Waals surface area contributed by atoms with Crippen molar-refractivity contribution in [1.82, 2.24) is 20.3 Å². The average Bonchev–Trinajstić information content (AvgIpc) is 2.40. The first-order chi connectivity index (χ1) is 5.25. The van der Waals surface area contributed by atoms with Crippen LogP contribution in [0.2, 0.25) is 0 Å². The monoisotopic (exact) mass is 153 g/mol. The fourth-order valence-electron chi connectivity index (χ4n) is 1.07. The smallest absolute Gasteiger partial charge is 0.105 e. The Kier molecular flexibility index (Phi) is 2.59. The third kappa shape index (κ3) is 1.77. The van der Waals surface area contributed by atoms with Gasteiger partial charge in [0.15, 0.2) is 0 Å². The van der Waals surface area contributed by atoms with Crippen LogP contribution in [0.5, 0.6) is 0 Å². The predicted octanol–water partition coefficient (Wildman–Crippen LogP) is 0.656. The Morgan fingerprint density at radius 1 is 1.64 bits per heavy atom. The van der Waals surface area contributed by atoms with Crippen molar-refractivity contribution in [3.63, 3.8) is 0 Å². The van der Waals surface area contributed by atoms with Crippen LogP contribution in [0, 0.1) is 6.04 Å². The van der Waals surface area contributed by atoms with Gasteiger partial charge in [0.25, 0.3) is 0 Å². The van der Waals surface area contributed by atoms with Crippen LogP contribution in [0.4, 0.5) is 0 Å². The van der Waals surface area contributed by atoms with E-state index in [1.807, 2.05) is 14.1 Å². The molecule has 4 heteroatoms. The third-order valence-electron chi connectivity index (χ3n) is 1.59. The van der Waals surface area contributed by atoms with Crippen molar-refractivity contribution in [3.8, 4) is 0 Å². The number of aromatic amines is 1. The Morgan fingerprint density at radius 2 is 2.36 bits per heavy atom. The molecule has 1 aromatic heterocycles. The van der Waals surface area contributed by atoms with E-state index in [0.717, 1.165) is 12.1 Å². The van der Waals surface area contributed by atoms with E-state index in [1.54, 1.807) is 6.20 Å². The van der Waals surface area contributed by atoms with Gasteiger partial charge in [0.05, 0.1) is 6.04 Å². The molecule has 61 valence electrons. The molecule has 0 saturated carbocycles. The Morgan fingerprint density at radius 3 is 2.73 bits per heavy atom. The first-order valence-corrected chi connectivity index (χ1v) is 3.65. The maximum absolute atomic E-state index is 3.92. The summed E-state index contributed by atoms with van der Waals surface area (Å²) in [6, 6.07) is 1.19. The Bertz CT molecular complexity index is 192. The van der Waals surface area contributed by atoms with Gasteiger partial charge in [-0.05, 0) is 20.5 Å². The second-order valence-electron chi connectivity index (χ2n) is 2.55. The van der Waals surface area contributed by atoms with Crippen molar-refractivity contribution >= 4 is 0 Å². The molecule has 0 aliphatic carbocycles. The van der Waals surface area contributed by atoms with Crippen LogP contribution in [-0.4, -0.2) is 34.4 Å². The van der Waals surface area contributed by atoms with Gasteiger partial charge in [-0.25, -0.2) is 0 Å². The van der Waals surface area contributed by atoms with E-state index in [4.69, 9.17) is 0 Å². The zero-order chi connectivity index (χ0) is 8.27. The van der Waals surface area contributed by atoms with Gasteiger partial charge in [-0.3, -0.25) is 10.00 Å². The molecule has 1 aromatic rings. The Balaban J connectivity index is 2.71. The minimum Gasteiger partial charge on any atom is -0.296 e. The van der Waals surface area contributed by atoms with Gasteiger partial charge in [-0.2, -0.15) is 0 Å². The first-order valence-electron chi connectivity index (χ1n) is 3.65. The van der Waals surface area contributed by atoms with Gasteiger partial charge < -0.3 is 0 Å². The molecule has 0 fully saturated rings. The summed E-state index contributed by atoms with van der Waals surface area (Å²) in [6.07, 6.45) is 2.78. The van der Waals surface area contributed by atoms with Gasteiger partial charge in [-0.1, -0.05) is 12.1 Å². The highest BCUT2D eigenvalue weighted by Gasteiger charge is 2.14. The van der Waals surface area contributed by atoms with Crippen molar-refractivity contribution in [2.75, 3.05) is 14.1 Å². The van der Waals surface area contributed by atoms with E-state index >= 15 is 0 Å². The van der Waals surface area contributed by atoms with E-state index in [0.29, 0.717) is 0 Å². The van der Waals surface area contributed by atoms with Crippen LogP contribution in [-0.2, 0) is 0 Å². The van der Waals surface area contributed by atoms with Gasteiger partial charge in [0, 0.05) is 6.20 Å². The van der Waals surface area contributed by atoms with Gasteiger partial charge in [0.1, 0.15) is 5.69 Å². The molecule has 4 nitrogen and oxygen atoms in total. The fraction of sp³-hybridized carbons (Fsp3) is 0.571. The summed E-state index contributed by atoms with van der Waals surface area (Å²) in [6.45, 7) is 2.10. The van der Waals surface area contributed by atoms with Crippen LogP contribution in [0.25, 0.3) is 0 Å². The molecule has 1 heterocycles. The highest BCUT2D eigenvalue weighted by Crippen LogP contribution is 2.15. The third-order valence-corrected chi connectivity index (χ3v) is 1.59. The summed E-state index contributed by atoms with van der Waals surface area (Å²) in [5, 5.41) is 10.3. The molecular formula is C7H13N4. The molecule has 1 radical (unpaired) electrons. The van der Waals surface area contributed by atoms with Crippen molar-refractivity contribution in [2.24, 2.45) is 0 Å². The minimum absolute atomic E-state index is 0.928. The SMILES string of the molecule is CC[C](c1c[nH]nn1)N(C)C. The summed E-state index contributed by atoms with van der Waals surface area (Å²) in [4.78, 5) is 2.05. The quantitative estimate of drug-likeness (QED) is 0.693. The normalized spacial score (nSPS) is 11.4. The number of H-pyrrole nitrogens is 1. The molecule has 1 rings (SSSR count). The summed E-state index contributed by atoms with van der Waals surface area (Å²) < 4.78 is 0. The van der Waals surface area contributed by atoms with Gasteiger partial charge >= 0.3 is 0 Å².